The monoisotopic (exact) mass is 289 g/mol. The van der Waals surface area contributed by atoms with E-state index in [2.05, 4.69) is 22.3 Å². The van der Waals surface area contributed by atoms with E-state index in [1.54, 1.807) is 17.8 Å². The number of aliphatic hydroxyl groups is 1. The van der Waals surface area contributed by atoms with Gasteiger partial charge in [0.1, 0.15) is 12.3 Å². The smallest absolute Gasteiger partial charge is 0.269 e. The fraction of sp³-hybridized carbons (Fsp3) is 0.286. The molecule has 2 rings (SSSR count). The summed E-state index contributed by atoms with van der Waals surface area (Å²) in [4.78, 5) is 13.0. The molecule has 104 valence electrons. The molecule has 0 aliphatic carbocycles. The number of aryl methyl sites for hydroxylation is 2. The first-order valence-electron chi connectivity index (χ1n) is 6.06. The Morgan fingerprint density at radius 3 is 3.05 bits per heavy atom. The highest BCUT2D eigenvalue weighted by atomic mass is 32.1. The number of aromatic nitrogens is 2. The molecule has 0 fully saturated rings. The number of nitrogens with one attached hydrogen (secondary N) is 1. The molecule has 0 aromatic carbocycles. The summed E-state index contributed by atoms with van der Waals surface area (Å²) >= 11 is 1.53. The lowest BCUT2D eigenvalue weighted by Crippen LogP contribution is -2.25. The minimum Gasteiger partial charge on any atom is -0.384 e. The molecule has 0 saturated heterocycles. The fourth-order valence-corrected chi connectivity index (χ4v) is 2.57. The molecule has 0 spiro atoms. The van der Waals surface area contributed by atoms with Gasteiger partial charge in [0.2, 0.25) is 0 Å². The first kappa shape index (κ1) is 14.3. The van der Waals surface area contributed by atoms with Crippen LogP contribution in [0.3, 0.4) is 0 Å². The molecule has 2 aromatic rings. The number of carbonyl (C=O) groups excluding carboxylic acids is 1. The molecule has 2 aromatic heterocycles. The highest BCUT2D eigenvalue weighted by molar-refractivity contribution is 7.10. The third-order valence-corrected chi connectivity index (χ3v) is 3.61. The molecule has 0 unspecified atom stereocenters. The summed E-state index contributed by atoms with van der Waals surface area (Å²) in [7, 11) is 1.74. The highest BCUT2D eigenvalue weighted by Crippen LogP contribution is 2.15. The molecular weight excluding hydrogens is 274 g/mol. The van der Waals surface area contributed by atoms with E-state index in [9.17, 15) is 4.79 Å². The summed E-state index contributed by atoms with van der Waals surface area (Å²) < 4.78 is 1.56. The molecule has 20 heavy (non-hydrogen) atoms. The van der Waals surface area contributed by atoms with Crippen molar-refractivity contribution in [1.29, 1.82) is 0 Å². The lowest BCUT2D eigenvalue weighted by Gasteiger charge is -2.04. The normalized spacial score (nSPS) is 9.95. The van der Waals surface area contributed by atoms with E-state index in [0.717, 1.165) is 16.1 Å². The zero-order valence-electron chi connectivity index (χ0n) is 11.3. The van der Waals surface area contributed by atoms with E-state index in [4.69, 9.17) is 5.11 Å². The average Bonchev–Trinajstić information content (AvgIpc) is 2.99. The van der Waals surface area contributed by atoms with Gasteiger partial charge in [-0.05, 0) is 24.4 Å². The second kappa shape index (κ2) is 6.37. The van der Waals surface area contributed by atoms with Gasteiger partial charge in [0, 0.05) is 17.5 Å². The Balaban J connectivity index is 2.04. The van der Waals surface area contributed by atoms with Crippen LogP contribution in [0, 0.1) is 18.8 Å². The molecule has 1 amide bonds. The van der Waals surface area contributed by atoms with Gasteiger partial charge >= 0.3 is 0 Å². The van der Waals surface area contributed by atoms with Gasteiger partial charge < -0.3 is 10.4 Å². The quantitative estimate of drug-likeness (QED) is 0.830. The zero-order chi connectivity index (χ0) is 14.5. The number of rotatable bonds is 3. The summed E-state index contributed by atoms with van der Waals surface area (Å²) in [6, 6.07) is 3.62. The van der Waals surface area contributed by atoms with Crippen molar-refractivity contribution in [2.45, 2.75) is 13.5 Å². The van der Waals surface area contributed by atoms with Gasteiger partial charge in [0.05, 0.1) is 12.2 Å². The van der Waals surface area contributed by atoms with Crippen molar-refractivity contribution in [1.82, 2.24) is 15.1 Å². The number of carbonyl (C=O) groups is 1. The van der Waals surface area contributed by atoms with Crippen LogP contribution in [0.15, 0.2) is 17.5 Å². The Kier molecular flexibility index (Phi) is 4.56. The number of amides is 1. The van der Waals surface area contributed by atoms with Crippen LogP contribution in [0.1, 0.15) is 26.6 Å². The maximum Gasteiger partial charge on any atom is 0.269 e. The molecule has 5 nitrogen and oxygen atoms in total. The summed E-state index contributed by atoms with van der Waals surface area (Å²) in [5.41, 5.74) is 2.18. The van der Waals surface area contributed by atoms with Crippen molar-refractivity contribution in [2.24, 2.45) is 7.05 Å². The van der Waals surface area contributed by atoms with E-state index in [0.29, 0.717) is 12.2 Å². The highest BCUT2D eigenvalue weighted by Gasteiger charge is 2.12. The number of hydrogen-bond donors (Lipinski definition) is 2. The SMILES string of the molecule is Cc1cc(C(=O)NCc2sccc2C#CCO)n(C)n1. The third kappa shape index (κ3) is 3.26. The van der Waals surface area contributed by atoms with Crippen LogP contribution in [0.4, 0.5) is 0 Å². The van der Waals surface area contributed by atoms with Gasteiger partial charge in [0.15, 0.2) is 0 Å². The maximum atomic E-state index is 12.1. The predicted molar refractivity (Wildman–Crippen MR) is 77.4 cm³/mol. The van der Waals surface area contributed by atoms with Crippen molar-refractivity contribution in [3.63, 3.8) is 0 Å². The maximum absolute atomic E-state index is 12.1. The molecule has 0 aliphatic rings. The van der Waals surface area contributed by atoms with Crippen LogP contribution in [0.2, 0.25) is 0 Å². The van der Waals surface area contributed by atoms with Crippen molar-refractivity contribution >= 4 is 17.2 Å². The standard InChI is InChI=1S/C14H15N3O2S/c1-10-8-12(17(2)16-10)14(19)15-9-13-11(4-3-6-18)5-7-20-13/h5,7-8,18H,6,9H2,1-2H3,(H,15,19). The number of hydrogen-bond acceptors (Lipinski definition) is 4. The Morgan fingerprint density at radius 2 is 2.40 bits per heavy atom. The van der Waals surface area contributed by atoms with Crippen LogP contribution < -0.4 is 5.32 Å². The van der Waals surface area contributed by atoms with E-state index < -0.39 is 0 Å². The fourth-order valence-electron chi connectivity index (χ4n) is 1.80. The topological polar surface area (TPSA) is 67.2 Å². The second-order valence-electron chi connectivity index (χ2n) is 4.19. The van der Waals surface area contributed by atoms with E-state index in [-0.39, 0.29) is 12.5 Å². The largest absolute Gasteiger partial charge is 0.384 e. The van der Waals surface area contributed by atoms with Gasteiger partial charge in [0.25, 0.3) is 5.91 Å². The summed E-state index contributed by atoms with van der Waals surface area (Å²) in [6.07, 6.45) is 0. The van der Waals surface area contributed by atoms with Gasteiger partial charge in [-0.3, -0.25) is 9.48 Å². The molecule has 0 aliphatic heterocycles. The summed E-state index contributed by atoms with van der Waals surface area (Å²) in [5, 5.41) is 17.6. The van der Waals surface area contributed by atoms with Crippen LogP contribution in [0.25, 0.3) is 0 Å². The third-order valence-electron chi connectivity index (χ3n) is 2.69. The van der Waals surface area contributed by atoms with Crippen LogP contribution in [0.5, 0.6) is 0 Å². The molecule has 2 heterocycles. The van der Waals surface area contributed by atoms with Gasteiger partial charge in [-0.25, -0.2) is 0 Å². The van der Waals surface area contributed by atoms with Crippen LogP contribution in [-0.2, 0) is 13.6 Å². The van der Waals surface area contributed by atoms with E-state index in [1.807, 2.05) is 18.4 Å². The number of nitrogens with zero attached hydrogens (tertiary/aromatic N) is 2. The Morgan fingerprint density at radius 1 is 1.60 bits per heavy atom. The first-order valence-corrected chi connectivity index (χ1v) is 6.94. The molecule has 0 bridgehead atoms. The molecule has 0 saturated carbocycles. The predicted octanol–water partition coefficient (Wildman–Crippen LogP) is 1.06. The van der Waals surface area contributed by atoms with Gasteiger partial charge in [-0.1, -0.05) is 11.8 Å². The average molecular weight is 289 g/mol. The Labute approximate surface area is 121 Å². The molecular formula is C14H15N3O2S. The molecule has 6 heteroatoms. The van der Waals surface area contributed by atoms with E-state index in [1.165, 1.54) is 11.3 Å². The zero-order valence-corrected chi connectivity index (χ0v) is 12.1. The Hall–Kier alpha value is -2.10. The minimum absolute atomic E-state index is 0.164. The molecule has 0 radical (unpaired) electrons. The molecule has 0 atom stereocenters. The van der Waals surface area contributed by atoms with Gasteiger partial charge in [-0.15, -0.1) is 11.3 Å². The lowest BCUT2D eigenvalue weighted by molar-refractivity contribution is 0.0942. The minimum atomic E-state index is -0.171. The van der Waals surface area contributed by atoms with Crippen LogP contribution in [-0.4, -0.2) is 27.4 Å². The van der Waals surface area contributed by atoms with Crippen molar-refractivity contribution in [2.75, 3.05) is 6.61 Å². The first-order chi connectivity index (χ1) is 9.61. The Bertz CT molecular complexity index is 676. The second-order valence-corrected chi connectivity index (χ2v) is 5.20. The van der Waals surface area contributed by atoms with Gasteiger partial charge in [-0.2, -0.15) is 5.10 Å². The summed E-state index contributed by atoms with van der Waals surface area (Å²) in [5.74, 6) is 5.31. The van der Waals surface area contributed by atoms with Crippen molar-refractivity contribution < 1.29 is 9.90 Å². The van der Waals surface area contributed by atoms with Crippen LogP contribution >= 0.6 is 11.3 Å². The van der Waals surface area contributed by atoms with Crippen molar-refractivity contribution in [3.8, 4) is 11.8 Å². The number of thiophene rings is 1. The lowest BCUT2D eigenvalue weighted by atomic mass is 10.2. The van der Waals surface area contributed by atoms with Crippen molar-refractivity contribution in [3.05, 3.63) is 39.3 Å². The number of aliphatic hydroxyl groups excluding tert-OH is 1. The molecule has 2 N–H and O–H groups in total. The van der Waals surface area contributed by atoms with E-state index >= 15 is 0 Å². The summed E-state index contributed by atoms with van der Waals surface area (Å²) in [6.45, 7) is 2.09.